The molecule has 6 nitrogen and oxygen atoms in total. The minimum Gasteiger partial charge on any atom is -0.383 e. The third kappa shape index (κ3) is 4.03. The fraction of sp³-hybridized carbons (Fsp3) is 0.889. The molecule has 1 atom stereocenters. The van der Waals surface area contributed by atoms with Crippen LogP contribution in [0.3, 0.4) is 0 Å². The van der Waals surface area contributed by atoms with E-state index in [4.69, 9.17) is 15.3 Å². The summed E-state index contributed by atoms with van der Waals surface area (Å²) in [7, 11) is 1.64. The number of rotatable bonds is 4. The lowest BCUT2D eigenvalue weighted by Crippen LogP contribution is -2.53. The molecule has 0 amide bonds. The van der Waals surface area contributed by atoms with Gasteiger partial charge in [-0.1, -0.05) is 0 Å². The van der Waals surface area contributed by atoms with E-state index in [0.29, 0.717) is 25.7 Å². The van der Waals surface area contributed by atoms with Gasteiger partial charge < -0.3 is 14.8 Å². The van der Waals surface area contributed by atoms with Crippen LogP contribution in [0.15, 0.2) is 4.99 Å². The van der Waals surface area contributed by atoms with Crippen molar-refractivity contribution in [2.45, 2.75) is 18.9 Å². The van der Waals surface area contributed by atoms with Crippen molar-refractivity contribution in [2.24, 2.45) is 10.8 Å². The van der Waals surface area contributed by atoms with Gasteiger partial charge in [0.15, 0.2) is 0 Å². The van der Waals surface area contributed by atoms with E-state index in [-0.39, 0.29) is 5.54 Å². The number of nitrogens with zero attached hydrogens (tertiary/aromatic N) is 1. The molecule has 4 N–H and O–H groups in total. The summed E-state index contributed by atoms with van der Waals surface area (Å²) in [4.78, 5) is 4.23. The first-order chi connectivity index (χ1) is 7.20. The second-order valence-corrected chi connectivity index (χ2v) is 3.86. The summed E-state index contributed by atoms with van der Waals surface area (Å²) in [6, 6.07) is 0. The molecule has 0 spiro atoms. The summed E-state index contributed by atoms with van der Waals surface area (Å²) in [6.07, 6.45) is 0.956. The number of guanidine groups is 1. The van der Waals surface area contributed by atoms with Gasteiger partial charge in [-0.3, -0.25) is 5.43 Å². The molecule has 1 aliphatic rings. The third-order valence-electron chi connectivity index (χ3n) is 2.34. The van der Waals surface area contributed by atoms with E-state index in [1.54, 1.807) is 7.11 Å². The average molecular weight is 216 g/mol. The van der Waals surface area contributed by atoms with Gasteiger partial charge in [-0.2, -0.15) is 0 Å². The lowest BCUT2D eigenvalue weighted by atomic mass is 10.0. The van der Waals surface area contributed by atoms with E-state index < -0.39 is 0 Å². The average Bonchev–Trinajstić information content (AvgIpc) is 2.64. The summed E-state index contributed by atoms with van der Waals surface area (Å²) in [5.74, 6) is 5.95. The van der Waals surface area contributed by atoms with Crippen LogP contribution < -0.4 is 16.6 Å². The molecule has 0 aromatic heterocycles. The fourth-order valence-corrected chi connectivity index (χ4v) is 1.42. The molecule has 6 heteroatoms. The SMILES string of the molecule is COCCN=C(NN)NC1(C)CCOC1. The molecule has 0 aromatic carbocycles. The molecular weight excluding hydrogens is 196 g/mol. The number of hydrogen-bond donors (Lipinski definition) is 3. The van der Waals surface area contributed by atoms with E-state index >= 15 is 0 Å². The third-order valence-corrected chi connectivity index (χ3v) is 2.34. The van der Waals surface area contributed by atoms with Crippen LogP contribution in [0, 0.1) is 0 Å². The van der Waals surface area contributed by atoms with Crippen molar-refractivity contribution in [3.63, 3.8) is 0 Å². The van der Waals surface area contributed by atoms with Crippen molar-refractivity contribution < 1.29 is 9.47 Å². The predicted molar refractivity (Wildman–Crippen MR) is 58.5 cm³/mol. The second kappa shape index (κ2) is 5.89. The molecule has 1 saturated heterocycles. The van der Waals surface area contributed by atoms with Crippen molar-refractivity contribution in [3.8, 4) is 0 Å². The minimum absolute atomic E-state index is 0.0712. The van der Waals surface area contributed by atoms with Crippen LogP contribution in [0.1, 0.15) is 13.3 Å². The fourth-order valence-electron chi connectivity index (χ4n) is 1.42. The Hall–Kier alpha value is -0.850. The van der Waals surface area contributed by atoms with Crippen molar-refractivity contribution >= 4 is 5.96 Å². The molecule has 1 heterocycles. The molecule has 1 aliphatic heterocycles. The van der Waals surface area contributed by atoms with Gasteiger partial charge in [-0.25, -0.2) is 10.8 Å². The number of nitrogens with one attached hydrogen (secondary N) is 2. The van der Waals surface area contributed by atoms with Crippen LogP contribution >= 0.6 is 0 Å². The summed E-state index contributed by atoms with van der Waals surface area (Å²) in [6.45, 7) is 4.71. The highest BCUT2D eigenvalue weighted by atomic mass is 16.5. The lowest BCUT2D eigenvalue weighted by Gasteiger charge is -2.25. The van der Waals surface area contributed by atoms with Crippen LogP contribution in [-0.2, 0) is 9.47 Å². The highest BCUT2D eigenvalue weighted by Crippen LogP contribution is 2.16. The molecule has 0 radical (unpaired) electrons. The van der Waals surface area contributed by atoms with Crippen LogP contribution in [-0.4, -0.2) is 45.0 Å². The van der Waals surface area contributed by atoms with Crippen molar-refractivity contribution in [1.82, 2.24) is 10.7 Å². The predicted octanol–water partition coefficient (Wildman–Crippen LogP) is -0.779. The zero-order valence-corrected chi connectivity index (χ0v) is 9.38. The van der Waals surface area contributed by atoms with E-state index in [0.717, 1.165) is 13.0 Å². The van der Waals surface area contributed by atoms with Crippen LogP contribution in [0.5, 0.6) is 0 Å². The second-order valence-electron chi connectivity index (χ2n) is 3.86. The molecule has 1 rings (SSSR count). The van der Waals surface area contributed by atoms with Gasteiger partial charge in [0.1, 0.15) is 0 Å². The minimum atomic E-state index is -0.0712. The first-order valence-corrected chi connectivity index (χ1v) is 5.06. The maximum absolute atomic E-state index is 5.37. The van der Waals surface area contributed by atoms with Gasteiger partial charge in [0.25, 0.3) is 0 Å². The van der Waals surface area contributed by atoms with Crippen LogP contribution in [0.4, 0.5) is 0 Å². The number of nitrogens with two attached hydrogens (primary N) is 1. The molecule has 0 aromatic rings. The molecular formula is C9H20N4O2. The Morgan fingerprint density at radius 3 is 3.00 bits per heavy atom. The molecule has 0 saturated carbocycles. The normalized spacial score (nSPS) is 26.7. The van der Waals surface area contributed by atoms with E-state index in [2.05, 4.69) is 22.7 Å². The Morgan fingerprint density at radius 1 is 1.67 bits per heavy atom. The Labute approximate surface area is 90.2 Å². The number of ether oxygens (including phenoxy) is 2. The number of aliphatic imine (C=N–C) groups is 1. The smallest absolute Gasteiger partial charge is 0.206 e. The summed E-state index contributed by atoms with van der Waals surface area (Å²) in [5, 5.41) is 3.23. The van der Waals surface area contributed by atoms with Gasteiger partial charge in [-0.15, -0.1) is 0 Å². The Balaban J connectivity index is 2.41. The quantitative estimate of drug-likeness (QED) is 0.189. The largest absolute Gasteiger partial charge is 0.383 e. The number of hydrogen-bond acceptors (Lipinski definition) is 4. The molecule has 15 heavy (non-hydrogen) atoms. The van der Waals surface area contributed by atoms with Gasteiger partial charge in [0.05, 0.1) is 25.3 Å². The van der Waals surface area contributed by atoms with Gasteiger partial charge in [0.2, 0.25) is 5.96 Å². The monoisotopic (exact) mass is 216 g/mol. The highest BCUT2D eigenvalue weighted by molar-refractivity contribution is 5.80. The van der Waals surface area contributed by atoms with Gasteiger partial charge >= 0.3 is 0 Å². The zero-order chi connectivity index (χ0) is 11.1. The van der Waals surface area contributed by atoms with Gasteiger partial charge in [0, 0.05) is 13.7 Å². The molecule has 0 bridgehead atoms. The summed E-state index contributed by atoms with van der Waals surface area (Å²) < 4.78 is 10.2. The van der Waals surface area contributed by atoms with Crippen LogP contribution in [0.2, 0.25) is 0 Å². The molecule has 88 valence electrons. The number of methoxy groups -OCH3 is 1. The van der Waals surface area contributed by atoms with E-state index in [1.807, 2.05) is 0 Å². The first kappa shape index (κ1) is 12.2. The molecule has 1 unspecified atom stereocenters. The van der Waals surface area contributed by atoms with Crippen molar-refractivity contribution in [2.75, 3.05) is 33.5 Å². The Kier molecular flexibility index (Phi) is 4.80. The maximum atomic E-state index is 5.37. The van der Waals surface area contributed by atoms with E-state index in [1.165, 1.54) is 0 Å². The zero-order valence-electron chi connectivity index (χ0n) is 9.38. The summed E-state index contributed by atoms with van der Waals surface area (Å²) in [5.41, 5.74) is 2.47. The standard InChI is InChI=1S/C9H20N4O2/c1-9(3-5-15-7-9)12-8(13-10)11-4-6-14-2/h3-7,10H2,1-2H3,(H2,11,12,13). The van der Waals surface area contributed by atoms with Crippen LogP contribution in [0.25, 0.3) is 0 Å². The molecule has 1 fully saturated rings. The highest BCUT2D eigenvalue weighted by Gasteiger charge is 2.30. The van der Waals surface area contributed by atoms with E-state index in [9.17, 15) is 0 Å². The number of hydrazine groups is 1. The first-order valence-electron chi connectivity index (χ1n) is 5.06. The Bertz CT molecular complexity index is 214. The maximum Gasteiger partial charge on any atom is 0.206 e. The topological polar surface area (TPSA) is 80.9 Å². The Morgan fingerprint density at radius 2 is 2.47 bits per heavy atom. The molecule has 0 aliphatic carbocycles. The van der Waals surface area contributed by atoms with Crippen molar-refractivity contribution in [1.29, 1.82) is 0 Å². The summed E-state index contributed by atoms with van der Waals surface area (Å²) >= 11 is 0. The lowest BCUT2D eigenvalue weighted by molar-refractivity contribution is 0.177. The van der Waals surface area contributed by atoms with Crippen molar-refractivity contribution in [3.05, 3.63) is 0 Å². The van der Waals surface area contributed by atoms with Gasteiger partial charge in [-0.05, 0) is 13.3 Å².